The van der Waals surface area contributed by atoms with E-state index < -0.39 is 16.5 Å². The van der Waals surface area contributed by atoms with Gasteiger partial charge in [-0.25, -0.2) is 9.20 Å². The zero-order valence-corrected chi connectivity index (χ0v) is 16.9. The summed E-state index contributed by atoms with van der Waals surface area (Å²) in [5.74, 6) is 1.02. The largest absolute Gasteiger partial charge is 0.423 e. The van der Waals surface area contributed by atoms with Crippen molar-refractivity contribution in [1.29, 1.82) is 0 Å². The molecule has 0 bridgehead atoms. The number of rotatable bonds is 3. The van der Waals surface area contributed by atoms with E-state index in [1.54, 1.807) is 7.05 Å². The lowest BCUT2D eigenvalue weighted by molar-refractivity contribution is 0.524. The number of aliphatic imine (C=N–C) groups is 1. The Morgan fingerprint density at radius 3 is 2.85 bits per heavy atom. The van der Waals surface area contributed by atoms with Crippen molar-refractivity contribution in [3.05, 3.63) is 46.6 Å². The molecule has 1 unspecified atom stereocenters. The van der Waals surface area contributed by atoms with Crippen molar-refractivity contribution in [3.8, 4) is 21.9 Å². The second-order valence-electron chi connectivity index (χ2n) is 6.32. The maximum atomic E-state index is 12.4. The molecule has 1 aromatic carbocycles. The number of thiophene rings is 1. The van der Waals surface area contributed by atoms with E-state index >= 15 is 0 Å². The molecule has 3 aromatic rings. The molecule has 1 aliphatic rings. The molecule has 1 aliphatic heterocycles. The Labute approximate surface area is 167 Å². The summed E-state index contributed by atoms with van der Waals surface area (Å²) < 4.78 is 19.1. The van der Waals surface area contributed by atoms with Gasteiger partial charge in [0.25, 0.3) is 0 Å². The summed E-state index contributed by atoms with van der Waals surface area (Å²) in [5, 5.41) is 8.24. The molecular formula is C17H16ClN5O2S2. The summed E-state index contributed by atoms with van der Waals surface area (Å²) in [5.41, 5.74) is 7.01. The van der Waals surface area contributed by atoms with E-state index in [0.29, 0.717) is 16.7 Å². The van der Waals surface area contributed by atoms with Crippen LogP contribution < -0.4 is 5.73 Å². The Hall–Kier alpha value is -2.23. The van der Waals surface area contributed by atoms with E-state index in [2.05, 4.69) is 15.2 Å². The van der Waals surface area contributed by atoms with E-state index in [9.17, 15) is 4.21 Å². The van der Waals surface area contributed by atoms with E-state index in [4.69, 9.17) is 21.8 Å². The molecule has 0 spiro atoms. The molecule has 0 saturated carbocycles. The Morgan fingerprint density at radius 2 is 2.15 bits per heavy atom. The van der Waals surface area contributed by atoms with Crippen LogP contribution in [0.25, 0.3) is 21.9 Å². The normalized spacial score (nSPS) is 22.7. The third kappa shape index (κ3) is 3.26. The molecule has 4 rings (SSSR count). The average Bonchev–Trinajstić information content (AvgIpc) is 3.30. The Balaban J connectivity index is 1.75. The average molecular weight is 422 g/mol. The molecule has 0 fully saturated rings. The predicted molar refractivity (Wildman–Crippen MR) is 108 cm³/mol. The van der Waals surface area contributed by atoms with Crippen molar-refractivity contribution in [2.45, 2.75) is 12.5 Å². The maximum absolute atomic E-state index is 12.4. The van der Waals surface area contributed by atoms with Crippen LogP contribution in [0.2, 0.25) is 5.02 Å². The van der Waals surface area contributed by atoms with Gasteiger partial charge in [0.1, 0.15) is 16.5 Å². The van der Waals surface area contributed by atoms with Crippen LogP contribution in [-0.2, 0) is 16.5 Å². The lowest BCUT2D eigenvalue weighted by atomic mass is 10.0. The fraction of sp³-hybridized carbons (Fsp3) is 0.235. The number of aromatic nitrogens is 2. The lowest BCUT2D eigenvalue weighted by Gasteiger charge is -2.33. The van der Waals surface area contributed by atoms with Gasteiger partial charge in [-0.3, -0.25) is 4.31 Å². The number of hydrogen-bond acceptors (Lipinski definition) is 7. The molecule has 140 valence electrons. The van der Waals surface area contributed by atoms with Gasteiger partial charge in [0.15, 0.2) is 0 Å². The van der Waals surface area contributed by atoms with Gasteiger partial charge in [0, 0.05) is 17.5 Å². The van der Waals surface area contributed by atoms with Crippen molar-refractivity contribution < 1.29 is 8.63 Å². The summed E-state index contributed by atoms with van der Waals surface area (Å²) >= 11 is 8.05. The highest BCUT2D eigenvalue weighted by Crippen LogP contribution is 2.44. The molecule has 2 N–H and O–H groups in total. The minimum Gasteiger partial charge on any atom is -0.423 e. The Bertz CT molecular complexity index is 1050. The zero-order valence-electron chi connectivity index (χ0n) is 14.5. The monoisotopic (exact) mass is 421 g/mol. The fourth-order valence-corrected chi connectivity index (χ4v) is 5.75. The highest BCUT2D eigenvalue weighted by atomic mass is 35.5. The maximum Gasteiger partial charge on any atom is 0.247 e. The van der Waals surface area contributed by atoms with Crippen LogP contribution in [0.4, 0.5) is 0 Å². The first kappa shape index (κ1) is 18.1. The van der Waals surface area contributed by atoms with Crippen LogP contribution in [0, 0.1) is 0 Å². The smallest absolute Gasteiger partial charge is 0.247 e. The number of nitrogens with two attached hydrogens (primary N) is 1. The zero-order chi connectivity index (χ0) is 19.2. The van der Waals surface area contributed by atoms with Crippen LogP contribution in [0.3, 0.4) is 0 Å². The quantitative estimate of drug-likeness (QED) is 0.699. The summed E-state index contributed by atoms with van der Waals surface area (Å²) in [7, 11) is 0.411. The topological polar surface area (TPSA) is 97.6 Å². The fourth-order valence-electron chi connectivity index (χ4n) is 2.90. The Morgan fingerprint density at radius 1 is 1.37 bits per heavy atom. The van der Waals surface area contributed by atoms with Crippen molar-refractivity contribution >= 4 is 39.9 Å². The minimum absolute atomic E-state index is 0.242. The first-order chi connectivity index (χ1) is 12.9. The Kier molecular flexibility index (Phi) is 4.53. The van der Waals surface area contributed by atoms with E-state index in [1.807, 2.05) is 37.3 Å². The van der Waals surface area contributed by atoms with Crippen molar-refractivity contribution in [2.75, 3.05) is 12.8 Å². The van der Waals surface area contributed by atoms with Gasteiger partial charge < -0.3 is 10.2 Å². The highest BCUT2D eigenvalue weighted by Gasteiger charge is 2.38. The van der Waals surface area contributed by atoms with Gasteiger partial charge in [-0.15, -0.1) is 21.5 Å². The molecule has 2 atom stereocenters. The molecule has 3 heterocycles. The van der Waals surface area contributed by atoms with Gasteiger partial charge >= 0.3 is 0 Å². The first-order valence-corrected chi connectivity index (χ1v) is 10.5. The van der Waals surface area contributed by atoms with E-state index in [0.717, 1.165) is 20.9 Å². The van der Waals surface area contributed by atoms with Crippen LogP contribution >= 0.6 is 22.9 Å². The third-order valence-electron chi connectivity index (χ3n) is 4.32. The summed E-state index contributed by atoms with van der Waals surface area (Å²) in [6.07, 6.45) is 1.30. The summed E-state index contributed by atoms with van der Waals surface area (Å²) in [4.78, 5) is 6.37. The van der Waals surface area contributed by atoms with Crippen LogP contribution in [0.5, 0.6) is 0 Å². The highest BCUT2D eigenvalue weighted by molar-refractivity contribution is 7.83. The van der Waals surface area contributed by atoms with E-state index in [-0.39, 0.29) is 5.96 Å². The lowest BCUT2D eigenvalue weighted by Crippen LogP contribution is -2.47. The molecule has 0 saturated heterocycles. The van der Waals surface area contributed by atoms with Crippen LogP contribution in [-0.4, -0.2) is 37.5 Å². The van der Waals surface area contributed by atoms with E-state index in [1.165, 1.54) is 22.0 Å². The molecule has 10 heteroatoms. The second kappa shape index (κ2) is 6.74. The van der Waals surface area contributed by atoms with Gasteiger partial charge in [-0.05, 0) is 30.7 Å². The number of nitrogens with zero attached hydrogens (tertiary/aromatic N) is 4. The molecule has 0 radical (unpaired) electrons. The SMILES string of the molecule is CN1C(N)=N[C@](C)(c2sc(-c3cccc(-c4nnco4)c3)cc2Cl)CS1=O. The number of guanidine groups is 1. The first-order valence-electron chi connectivity index (χ1n) is 8.02. The van der Waals surface area contributed by atoms with Crippen molar-refractivity contribution in [1.82, 2.24) is 14.5 Å². The summed E-state index contributed by atoms with van der Waals surface area (Å²) in [6.45, 7) is 1.90. The second-order valence-corrected chi connectivity index (χ2v) is 9.26. The molecule has 0 aliphatic carbocycles. The van der Waals surface area contributed by atoms with Crippen LogP contribution in [0.15, 0.2) is 46.1 Å². The molecule has 27 heavy (non-hydrogen) atoms. The molecule has 7 nitrogen and oxygen atoms in total. The van der Waals surface area contributed by atoms with Crippen LogP contribution in [0.1, 0.15) is 11.8 Å². The molecular weight excluding hydrogens is 406 g/mol. The van der Waals surface area contributed by atoms with Gasteiger partial charge in [-0.2, -0.15) is 0 Å². The number of benzene rings is 1. The van der Waals surface area contributed by atoms with Crippen molar-refractivity contribution in [3.63, 3.8) is 0 Å². The van der Waals surface area contributed by atoms with Gasteiger partial charge in [0.05, 0.1) is 15.7 Å². The third-order valence-corrected chi connectivity index (χ3v) is 7.78. The molecule has 2 aromatic heterocycles. The van der Waals surface area contributed by atoms with Crippen molar-refractivity contribution in [2.24, 2.45) is 10.7 Å². The standard InChI is InChI=1S/C17H16ClN5O2S2/c1-17(8-27(24)23(2)16(19)21-17)14-12(18)7-13(26-14)10-4-3-5-11(6-10)15-22-20-9-25-15/h3-7,9H,8H2,1-2H3,(H2,19,21)/t17-,27?/m0/s1. The van der Waals surface area contributed by atoms with Gasteiger partial charge in [-0.1, -0.05) is 23.7 Å². The minimum atomic E-state index is -1.25. The number of hydrogen-bond donors (Lipinski definition) is 1. The number of halogens is 1. The summed E-state index contributed by atoms with van der Waals surface area (Å²) in [6, 6.07) is 9.67. The predicted octanol–water partition coefficient (Wildman–Crippen LogP) is 3.26. The molecule has 0 amide bonds. The van der Waals surface area contributed by atoms with Gasteiger partial charge in [0.2, 0.25) is 18.2 Å².